The zero-order chi connectivity index (χ0) is 24.1. The van der Waals surface area contributed by atoms with Crippen LogP contribution in [0.25, 0.3) is 0 Å². The summed E-state index contributed by atoms with van der Waals surface area (Å²) in [6.07, 6.45) is 2.38. The molecule has 9 heteroatoms. The molecular formula is C23H38N4O5. The summed E-state index contributed by atoms with van der Waals surface area (Å²) in [7, 11) is 5.32. The van der Waals surface area contributed by atoms with Crippen molar-refractivity contribution in [3.63, 3.8) is 0 Å². The number of ether oxygens (including phenoxy) is 2. The molecule has 0 saturated carbocycles. The first-order valence-corrected chi connectivity index (χ1v) is 11.2. The molecule has 1 amide bonds. The third kappa shape index (κ3) is 6.72. The van der Waals surface area contributed by atoms with E-state index < -0.39 is 10.5 Å². The molecule has 1 aliphatic rings. The highest BCUT2D eigenvalue weighted by Crippen LogP contribution is 2.36. The molecule has 0 atom stereocenters. The fraction of sp³-hybridized carbons (Fsp3) is 0.696. The Hall–Kier alpha value is -2.55. The summed E-state index contributed by atoms with van der Waals surface area (Å²) in [6, 6.07) is 3.86. The molecule has 32 heavy (non-hydrogen) atoms. The van der Waals surface area contributed by atoms with E-state index in [1.165, 1.54) is 7.11 Å². The molecule has 1 saturated heterocycles. The maximum atomic E-state index is 12.2. The lowest BCUT2D eigenvalue weighted by Crippen LogP contribution is -2.46. The van der Waals surface area contributed by atoms with Gasteiger partial charge in [-0.15, -0.1) is 0 Å². The lowest BCUT2D eigenvalue weighted by molar-refractivity contribution is -0.385. The van der Waals surface area contributed by atoms with Crippen molar-refractivity contribution < 1.29 is 19.2 Å². The van der Waals surface area contributed by atoms with Crippen LogP contribution in [0.15, 0.2) is 12.1 Å². The highest BCUT2D eigenvalue weighted by molar-refractivity contribution is 5.67. The number of nitrogens with zero attached hydrogens (tertiary/aromatic N) is 4. The SMILES string of the molecule is CCc1cc([N+](=O)[O-])c(OC)cc1N1CCC(N(C)CCN(C)C(=O)OC(C)(C)C)CC1. The van der Waals surface area contributed by atoms with E-state index in [-0.39, 0.29) is 11.8 Å². The maximum absolute atomic E-state index is 12.2. The number of piperidine rings is 1. The third-order valence-electron chi connectivity index (χ3n) is 5.88. The topological polar surface area (TPSA) is 88.4 Å². The van der Waals surface area contributed by atoms with E-state index in [9.17, 15) is 14.9 Å². The molecule has 1 fully saturated rings. The van der Waals surface area contributed by atoms with Crippen LogP contribution in [0.4, 0.5) is 16.2 Å². The Kier molecular flexibility index (Phi) is 8.72. The number of methoxy groups -OCH3 is 1. The van der Waals surface area contributed by atoms with Crippen LogP contribution in [-0.2, 0) is 11.2 Å². The minimum Gasteiger partial charge on any atom is -0.490 e. The second-order valence-electron chi connectivity index (χ2n) is 9.36. The first kappa shape index (κ1) is 25.7. The van der Waals surface area contributed by atoms with Gasteiger partial charge in [-0.05, 0) is 52.6 Å². The van der Waals surface area contributed by atoms with E-state index in [4.69, 9.17) is 9.47 Å². The van der Waals surface area contributed by atoms with Crippen molar-refractivity contribution in [1.82, 2.24) is 9.80 Å². The molecular weight excluding hydrogens is 412 g/mol. The third-order valence-corrected chi connectivity index (χ3v) is 5.88. The highest BCUT2D eigenvalue weighted by Gasteiger charge is 2.27. The molecule has 180 valence electrons. The number of hydrogen-bond acceptors (Lipinski definition) is 7. The van der Waals surface area contributed by atoms with Gasteiger partial charge in [0.25, 0.3) is 0 Å². The zero-order valence-corrected chi connectivity index (χ0v) is 20.5. The number of hydrogen-bond donors (Lipinski definition) is 0. The lowest BCUT2D eigenvalue weighted by Gasteiger charge is -2.39. The summed E-state index contributed by atoms with van der Waals surface area (Å²) in [5, 5.41) is 11.3. The lowest BCUT2D eigenvalue weighted by atomic mass is 10.0. The van der Waals surface area contributed by atoms with Crippen molar-refractivity contribution in [1.29, 1.82) is 0 Å². The number of nitro benzene ring substituents is 1. The number of carbonyl (C=O) groups is 1. The first-order chi connectivity index (χ1) is 15.0. The number of likely N-dealkylation sites (N-methyl/N-ethyl adjacent to an activating group) is 2. The Morgan fingerprint density at radius 3 is 2.34 bits per heavy atom. The van der Waals surface area contributed by atoms with Crippen LogP contribution in [0.1, 0.15) is 46.1 Å². The van der Waals surface area contributed by atoms with Crippen LogP contribution >= 0.6 is 0 Å². The predicted molar refractivity (Wildman–Crippen MR) is 126 cm³/mol. The van der Waals surface area contributed by atoms with Gasteiger partial charge >= 0.3 is 11.8 Å². The van der Waals surface area contributed by atoms with Crippen molar-refractivity contribution in [3.05, 3.63) is 27.8 Å². The number of anilines is 1. The predicted octanol–water partition coefficient (Wildman–Crippen LogP) is 3.93. The summed E-state index contributed by atoms with van der Waals surface area (Å²) < 4.78 is 10.7. The van der Waals surface area contributed by atoms with E-state index in [0.717, 1.165) is 50.1 Å². The number of carbonyl (C=O) groups excluding carboxylic acids is 1. The number of rotatable bonds is 8. The van der Waals surface area contributed by atoms with E-state index >= 15 is 0 Å². The van der Waals surface area contributed by atoms with E-state index in [2.05, 4.69) is 16.8 Å². The Morgan fingerprint density at radius 1 is 1.22 bits per heavy atom. The Balaban J connectivity index is 1.95. The zero-order valence-electron chi connectivity index (χ0n) is 20.5. The molecule has 0 spiro atoms. The van der Waals surface area contributed by atoms with Crippen molar-refractivity contribution >= 4 is 17.5 Å². The fourth-order valence-electron chi connectivity index (χ4n) is 3.95. The second kappa shape index (κ2) is 10.8. The molecule has 2 rings (SSSR count). The van der Waals surface area contributed by atoms with Gasteiger partial charge in [-0.3, -0.25) is 10.1 Å². The average Bonchev–Trinajstić information content (AvgIpc) is 2.74. The summed E-state index contributed by atoms with van der Waals surface area (Å²) >= 11 is 0. The molecule has 0 radical (unpaired) electrons. The largest absolute Gasteiger partial charge is 0.490 e. The molecule has 0 unspecified atom stereocenters. The van der Waals surface area contributed by atoms with Gasteiger partial charge in [0.05, 0.1) is 12.0 Å². The van der Waals surface area contributed by atoms with Gasteiger partial charge in [0, 0.05) is 57.1 Å². The van der Waals surface area contributed by atoms with Crippen LogP contribution in [0, 0.1) is 10.1 Å². The van der Waals surface area contributed by atoms with Gasteiger partial charge in [0.1, 0.15) is 5.60 Å². The standard InChI is InChI=1S/C23H38N4O5/c1-8-17-15-20(27(29)30)21(31-7)16-19(17)26-11-9-18(10-12-26)24(5)13-14-25(6)22(28)32-23(2,3)4/h15-16,18H,8-14H2,1-7H3. The normalized spacial score (nSPS) is 15.1. The molecule has 1 aromatic rings. The van der Waals surface area contributed by atoms with E-state index in [1.807, 2.05) is 27.7 Å². The molecule has 0 aromatic heterocycles. The molecule has 1 aliphatic heterocycles. The van der Waals surface area contributed by atoms with E-state index in [1.54, 1.807) is 24.1 Å². The molecule has 1 aromatic carbocycles. The summed E-state index contributed by atoms with van der Waals surface area (Å²) in [5.41, 5.74) is 1.49. The minimum atomic E-state index is -0.498. The smallest absolute Gasteiger partial charge is 0.410 e. The fourth-order valence-corrected chi connectivity index (χ4v) is 3.95. The van der Waals surface area contributed by atoms with E-state index in [0.29, 0.717) is 18.3 Å². The number of nitro groups is 1. The van der Waals surface area contributed by atoms with Crippen LogP contribution in [-0.4, -0.2) is 79.8 Å². The van der Waals surface area contributed by atoms with Gasteiger partial charge < -0.3 is 24.2 Å². The highest BCUT2D eigenvalue weighted by atomic mass is 16.6. The van der Waals surface area contributed by atoms with Crippen LogP contribution in [0.5, 0.6) is 5.75 Å². The summed E-state index contributed by atoms with van der Waals surface area (Å²) in [4.78, 5) is 29.3. The molecule has 0 N–H and O–H groups in total. The Morgan fingerprint density at radius 2 is 1.84 bits per heavy atom. The van der Waals surface area contributed by atoms with Crippen LogP contribution in [0.3, 0.4) is 0 Å². The van der Waals surface area contributed by atoms with Crippen molar-refractivity contribution in [2.45, 2.75) is 58.6 Å². The van der Waals surface area contributed by atoms with Crippen molar-refractivity contribution in [3.8, 4) is 5.75 Å². The molecule has 0 aliphatic carbocycles. The first-order valence-electron chi connectivity index (χ1n) is 11.2. The summed E-state index contributed by atoms with van der Waals surface area (Å²) in [5.74, 6) is 0.298. The van der Waals surface area contributed by atoms with Gasteiger partial charge in [-0.2, -0.15) is 0 Å². The number of benzene rings is 1. The second-order valence-corrected chi connectivity index (χ2v) is 9.36. The monoisotopic (exact) mass is 450 g/mol. The molecule has 1 heterocycles. The quantitative estimate of drug-likeness (QED) is 0.438. The Bertz CT molecular complexity index is 800. The molecule has 9 nitrogen and oxygen atoms in total. The van der Waals surface area contributed by atoms with Gasteiger partial charge in [0.2, 0.25) is 0 Å². The Labute approximate surface area is 191 Å². The number of aryl methyl sites for hydroxylation is 1. The van der Waals surface area contributed by atoms with Crippen LogP contribution in [0.2, 0.25) is 0 Å². The number of amides is 1. The van der Waals surface area contributed by atoms with Crippen LogP contribution < -0.4 is 9.64 Å². The van der Waals surface area contributed by atoms with Crippen molar-refractivity contribution in [2.24, 2.45) is 0 Å². The minimum absolute atomic E-state index is 0.0110. The molecule has 0 bridgehead atoms. The maximum Gasteiger partial charge on any atom is 0.410 e. The van der Waals surface area contributed by atoms with Crippen molar-refractivity contribution in [2.75, 3.05) is 52.3 Å². The van der Waals surface area contributed by atoms with Gasteiger partial charge in [-0.25, -0.2) is 4.79 Å². The average molecular weight is 451 g/mol. The van der Waals surface area contributed by atoms with Gasteiger partial charge in [-0.1, -0.05) is 6.92 Å². The van der Waals surface area contributed by atoms with Gasteiger partial charge in [0.15, 0.2) is 5.75 Å². The summed E-state index contributed by atoms with van der Waals surface area (Å²) in [6.45, 7) is 10.7.